The first-order chi connectivity index (χ1) is 10.0. The fourth-order valence-corrected chi connectivity index (χ4v) is 2.14. The van der Waals surface area contributed by atoms with Crippen molar-refractivity contribution in [2.24, 2.45) is 0 Å². The Kier molecular flexibility index (Phi) is 5.17. The molecule has 0 radical (unpaired) electrons. The summed E-state index contributed by atoms with van der Waals surface area (Å²) in [6, 6.07) is 5.87. The molecular formula is C16H24FN3O. The third-order valence-corrected chi connectivity index (χ3v) is 3.73. The van der Waals surface area contributed by atoms with Crippen molar-refractivity contribution in [2.45, 2.75) is 32.4 Å². The summed E-state index contributed by atoms with van der Waals surface area (Å²) in [7, 11) is 3.42. The van der Waals surface area contributed by atoms with E-state index in [1.165, 1.54) is 17.7 Å². The normalized spacial score (nSPS) is 14.1. The molecule has 0 unspecified atom stereocenters. The standard InChI is InChI=1S/C16H24FN3O/c1-4-20(11-16(21)19(2)3)15-8-5-12(9-14(15)17)10-18-13-6-7-13/h5,8-9,13,18H,4,6-7,10-11H2,1-3H3. The van der Waals surface area contributed by atoms with Crippen LogP contribution in [0, 0.1) is 5.82 Å². The molecule has 0 atom stereocenters. The second-order valence-electron chi connectivity index (χ2n) is 5.74. The fraction of sp³-hybridized carbons (Fsp3) is 0.562. The molecule has 0 heterocycles. The average Bonchev–Trinajstić information content (AvgIpc) is 3.27. The zero-order valence-electron chi connectivity index (χ0n) is 13.0. The Hall–Kier alpha value is -1.62. The highest BCUT2D eigenvalue weighted by atomic mass is 19.1. The predicted octanol–water partition coefficient (Wildman–Crippen LogP) is 1.99. The Labute approximate surface area is 125 Å². The Morgan fingerprint density at radius 2 is 2.10 bits per heavy atom. The van der Waals surface area contributed by atoms with Gasteiger partial charge in [-0.05, 0) is 37.5 Å². The molecule has 1 saturated carbocycles. The van der Waals surface area contributed by atoms with E-state index in [0.717, 1.165) is 5.56 Å². The number of nitrogens with one attached hydrogen (secondary N) is 1. The number of carbonyl (C=O) groups is 1. The van der Waals surface area contributed by atoms with E-state index in [-0.39, 0.29) is 18.3 Å². The maximum atomic E-state index is 14.3. The number of anilines is 1. The van der Waals surface area contributed by atoms with Gasteiger partial charge in [0.25, 0.3) is 0 Å². The van der Waals surface area contributed by atoms with Crippen LogP contribution in [0.2, 0.25) is 0 Å². The fourth-order valence-electron chi connectivity index (χ4n) is 2.14. The van der Waals surface area contributed by atoms with Gasteiger partial charge in [0.1, 0.15) is 5.82 Å². The van der Waals surface area contributed by atoms with Gasteiger partial charge in [0.05, 0.1) is 12.2 Å². The third-order valence-electron chi connectivity index (χ3n) is 3.73. The maximum absolute atomic E-state index is 14.3. The molecule has 1 amide bonds. The molecule has 0 aliphatic heterocycles. The SMILES string of the molecule is CCN(CC(=O)N(C)C)c1ccc(CNC2CC2)cc1F. The number of carbonyl (C=O) groups excluding carboxylic acids is 1. The van der Waals surface area contributed by atoms with Crippen LogP contribution < -0.4 is 10.2 Å². The Balaban J connectivity index is 2.04. The van der Waals surface area contributed by atoms with Gasteiger partial charge in [-0.15, -0.1) is 0 Å². The summed E-state index contributed by atoms with van der Waals surface area (Å²) in [5, 5.41) is 3.37. The molecule has 116 valence electrons. The molecule has 0 aromatic heterocycles. The molecule has 1 N–H and O–H groups in total. The number of likely N-dealkylation sites (N-methyl/N-ethyl adjacent to an activating group) is 2. The number of benzene rings is 1. The van der Waals surface area contributed by atoms with E-state index >= 15 is 0 Å². The number of hydrogen-bond acceptors (Lipinski definition) is 3. The van der Waals surface area contributed by atoms with Crippen molar-refractivity contribution in [1.82, 2.24) is 10.2 Å². The highest BCUT2D eigenvalue weighted by Gasteiger charge is 2.20. The van der Waals surface area contributed by atoms with E-state index in [1.807, 2.05) is 13.0 Å². The van der Waals surface area contributed by atoms with Gasteiger partial charge >= 0.3 is 0 Å². The van der Waals surface area contributed by atoms with Crippen molar-refractivity contribution in [3.8, 4) is 0 Å². The summed E-state index contributed by atoms with van der Waals surface area (Å²) in [6.07, 6.45) is 2.44. The van der Waals surface area contributed by atoms with E-state index in [1.54, 1.807) is 31.1 Å². The van der Waals surface area contributed by atoms with Crippen molar-refractivity contribution < 1.29 is 9.18 Å². The van der Waals surface area contributed by atoms with Crippen molar-refractivity contribution >= 4 is 11.6 Å². The molecule has 1 fully saturated rings. The summed E-state index contributed by atoms with van der Waals surface area (Å²) >= 11 is 0. The van der Waals surface area contributed by atoms with Gasteiger partial charge in [-0.3, -0.25) is 4.79 Å². The summed E-state index contributed by atoms with van der Waals surface area (Å²) < 4.78 is 14.3. The summed E-state index contributed by atoms with van der Waals surface area (Å²) in [5.41, 5.74) is 1.43. The second-order valence-corrected chi connectivity index (χ2v) is 5.74. The first-order valence-corrected chi connectivity index (χ1v) is 7.48. The predicted molar refractivity (Wildman–Crippen MR) is 82.8 cm³/mol. The van der Waals surface area contributed by atoms with Crippen LogP contribution in [0.25, 0.3) is 0 Å². The van der Waals surface area contributed by atoms with Gasteiger partial charge < -0.3 is 15.1 Å². The van der Waals surface area contributed by atoms with E-state index in [9.17, 15) is 9.18 Å². The van der Waals surface area contributed by atoms with E-state index < -0.39 is 0 Å². The van der Waals surface area contributed by atoms with Crippen molar-refractivity contribution in [3.05, 3.63) is 29.6 Å². The van der Waals surface area contributed by atoms with Gasteiger partial charge in [0.2, 0.25) is 5.91 Å². The van der Waals surface area contributed by atoms with Crippen molar-refractivity contribution in [1.29, 1.82) is 0 Å². The Morgan fingerprint density at radius 1 is 1.38 bits per heavy atom. The lowest BCUT2D eigenvalue weighted by atomic mass is 10.1. The van der Waals surface area contributed by atoms with E-state index in [0.29, 0.717) is 24.8 Å². The number of amides is 1. The lowest BCUT2D eigenvalue weighted by Gasteiger charge is -2.25. The minimum Gasteiger partial charge on any atom is -0.360 e. The molecule has 4 nitrogen and oxygen atoms in total. The molecule has 0 spiro atoms. The number of hydrogen-bond donors (Lipinski definition) is 1. The summed E-state index contributed by atoms with van der Waals surface area (Å²) in [6.45, 7) is 3.41. The molecule has 21 heavy (non-hydrogen) atoms. The maximum Gasteiger partial charge on any atom is 0.241 e. The molecular weight excluding hydrogens is 269 g/mol. The Bertz CT molecular complexity index is 500. The lowest BCUT2D eigenvalue weighted by molar-refractivity contribution is -0.127. The van der Waals surface area contributed by atoms with Gasteiger partial charge in [0, 0.05) is 33.2 Å². The molecule has 0 saturated heterocycles. The molecule has 1 aromatic rings. The molecule has 0 bridgehead atoms. The number of nitrogens with zero attached hydrogens (tertiary/aromatic N) is 2. The van der Waals surface area contributed by atoms with Crippen LogP contribution in [0.4, 0.5) is 10.1 Å². The van der Waals surface area contributed by atoms with Gasteiger partial charge in [-0.25, -0.2) is 4.39 Å². The van der Waals surface area contributed by atoms with Crippen LogP contribution in [0.1, 0.15) is 25.3 Å². The quantitative estimate of drug-likeness (QED) is 0.835. The summed E-state index contributed by atoms with van der Waals surface area (Å²) in [4.78, 5) is 15.1. The molecule has 1 aromatic carbocycles. The smallest absolute Gasteiger partial charge is 0.241 e. The van der Waals surface area contributed by atoms with Gasteiger partial charge in [-0.2, -0.15) is 0 Å². The minimum atomic E-state index is -0.265. The molecule has 1 aliphatic carbocycles. The Morgan fingerprint density at radius 3 is 2.62 bits per heavy atom. The van der Waals surface area contributed by atoms with Crippen LogP contribution >= 0.6 is 0 Å². The molecule has 5 heteroatoms. The number of rotatable bonds is 7. The molecule has 2 rings (SSSR count). The van der Waals surface area contributed by atoms with E-state index in [2.05, 4.69) is 5.32 Å². The molecule has 1 aliphatic rings. The minimum absolute atomic E-state index is 0.0317. The van der Waals surface area contributed by atoms with Crippen LogP contribution in [-0.4, -0.2) is 44.0 Å². The lowest BCUT2D eigenvalue weighted by Crippen LogP contribution is -2.37. The van der Waals surface area contributed by atoms with Crippen LogP contribution in [0.3, 0.4) is 0 Å². The van der Waals surface area contributed by atoms with Crippen molar-refractivity contribution in [2.75, 3.05) is 32.1 Å². The highest BCUT2D eigenvalue weighted by Crippen LogP contribution is 2.22. The zero-order chi connectivity index (χ0) is 15.4. The zero-order valence-corrected chi connectivity index (χ0v) is 13.0. The average molecular weight is 293 g/mol. The second kappa shape index (κ2) is 6.89. The van der Waals surface area contributed by atoms with Crippen LogP contribution in [0.15, 0.2) is 18.2 Å². The van der Waals surface area contributed by atoms with Gasteiger partial charge in [-0.1, -0.05) is 6.07 Å². The first-order valence-electron chi connectivity index (χ1n) is 7.48. The van der Waals surface area contributed by atoms with Crippen LogP contribution in [-0.2, 0) is 11.3 Å². The van der Waals surface area contributed by atoms with E-state index in [4.69, 9.17) is 0 Å². The van der Waals surface area contributed by atoms with Crippen LogP contribution in [0.5, 0.6) is 0 Å². The van der Waals surface area contributed by atoms with Gasteiger partial charge in [0.15, 0.2) is 0 Å². The number of halogens is 1. The first kappa shape index (κ1) is 15.8. The third kappa shape index (κ3) is 4.43. The highest BCUT2D eigenvalue weighted by molar-refractivity contribution is 5.81. The topological polar surface area (TPSA) is 35.6 Å². The largest absolute Gasteiger partial charge is 0.360 e. The summed E-state index contributed by atoms with van der Waals surface area (Å²) in [5.74, 6) is -0.297. The van der Waals surface area contributed by atoms with Crippen molar-refractivity contribution in [3.63, 3.8) is 0 Å². The monoisotopic (exact) mass is 293 g/mol.